The lowest BCUT2D eigenvalue weighted by atomic mass is 10.0. The van der Waals surface area contributed by atoms with E-state index in [9.17, 15) is 4.79 Å². The van der Waals surface area contributed by atoms with Crippen LogP contribution in [0.25, 0.3) is 22.2 Å². The predicted octanol–water partition coefficient (Wildman–Crippen LogP) is 5.66. The van der Waals surface area contributed by atoms with Crippen molar-refractivity contribution < 1.29 is 4.79 Å². The molecule has 3 aromatic carbocycles. The Morgan fingerprint density at radius 1 is 0.968 bits per heavy atom. The lowest BCUT2D eigenvalue weighted by molar-refractivity contribution is -0.115. The number of benzene rings is 3. The van der Waals surface area contributed by atoms with E-state index < -0.39 is 0 Å². The summed E-state index contributed by atoms with van der Waals surface area (Å²) >= 11 is 6.50. The van der Waals surface area contributed by atoms with Crippen molar-refractivity contribution in [1.29, 1.82) is 0 Å². The van der Waals surface area contributed by atoms with E-state index in [1.807, 2.05) is 30.3 Å². The number of aromatic nitrogens is 3. The Kier molecular flexibility index (Phi) is 5.43. The number of fused-ring (bicyclic) bond motifs is 2. The molecule has 1 aromatic heterocycles. The first-order valence-corrected chi connectivity index (χ1v) is 11.0. The minimum absolute atomic E-state index is 0.0661. The molecule has 0 saturated carbocycles. The van der Waals surface area contributed by atoms with E-state index in [0.29, 0.717) is 17.1 Å². The Labute approximate surface area is 186 Å². The van der Waals surface area contributed by atoms with Crippen molar-refractivity contribution in [3.63, 3.8) is 0 Å². The molecule has 1 N–H and O–H groups in total. The second kappa shape index (κ2) is 8.52. The van der Waals surface area contributed by atoms with Gasteiger partial charge in [-0.3, -0.25) is 4.79 Å². The molecule has 1 amide bonds. The van der Waals surface area contributed by atoms with Crippen LogP contribution in [0.5, 0.6) is 0 Å². The van der Waals surface area contributed by atoms with E-state index in [4.69, 9.17) is 11.6 Å². The zero-order chi connectivity index (χ0) is 21.2. The van der Waals surface area contributed by atoms with Gasteiger partial charge < -0.3 is 9.88 Å². The number of nitrogens with one attached hydrogen (secondary N) is 1. The normalized spacial score (nSPS) is 13.6. The van der Waals surface area contributed by atoms with Gasteiger partial charge in [0.05, 0.1) is 11.4 Å². The van der Waals surface area contributed by atoms with E-state index in [-0.39, 0.29) is 5.91 Å². The molecule has 1 aliphatic rings. The third kappa shape index (κ3) is 4.19. The van der Waals surface area contributed by atoms with Gasteiger partial charge in [-0.15, -0.1) is 10.2 Å². The van der Waals surface area contributed by atoms with Crippen molar-refractivity contribution in [2.45, 2.75) is 38.6 Å². The molecule has 0 radical (unpaired) electrons. The number of nitrogens with zero attached hydrogens (tertiary/aromatic N) is 3. The average Bonchev–Trinajstić information content (AvgIpc) is 3.02. The highest BCUT2D eigenvalue weighted by atomic mass is 35.5. The molecule has 5 nitrogen and oxygen atoms in total. The minimum Gasteiger partial charge on any atom is -0.326 e. The van der Waals surface area contributed by atoms with Crippen LogP contribution in [0, 0.1) is 0 Å². The molecule has 0 atom stereocenters. The largest absolute Gasteiger partial charge is 0.326 e. The topological polar surface area (TPSA) is 59.8 Å². The van der Waals surface area contributed by atoms with Crippen LogP contribution < -0.4 is 5.32 Å². The number of aryl methyl sites for hydroxylation is 1. The second-order valence-corrected chi connectivity index (χ2v) is 8.41. The number of rotatable bonds is 4. The Morgan fingerprint density at radius 3 is 2.74 bits per heavy atom. The molecule has 0 unspecified atom stereocenters. The number of carbonyl (C=O) groups excluding carboxylic acids is 1. The third-order valence-corrected chi connectivity index (χ3v) is 6.11. The molecular weight excluding hydrogens is 408 g/mol. The van der Waals surface area contributed by atoms with Gasteiger partial charge in [0.2, 0.25) is 5.91 Å². The molecule has 0 saturated heterocycles. The summed E-state index contributed by atoms with van der Waals surface area (Å²) in [4.78, 5) is 12.7. The van der Waals surface area contributed by atoms with E-state index in [1.54, 1.807) is 6.07 Å². The van der Waals surface area contributed by atoms with Crippen molar-refractivity contribution >= 4 is 34.0 Å². The molecule has 156 valence electrons. The fourth-order valence-corrected chi connectivity index (χ4v) is 4.40. The Balaban J connectivity index is 1.36. The van der Waals surface area contributed by atoms with Crippen molar-refractivity contribution in [2.24, 2.45) is 0 Å². The van der Waals surface area contributed by atoms with Gasteiger partial charge in [-0.05, 0) is 47.4 Å². The maximum Gasteiger partial charge on any atom is 0.228 e. The first-order valence-electron chi connectivity index (χ1n) is 10.7. The monoisotopic (exact) mass is 430 g/mol. The lowest BCUT2D eigenvalue weighted by Gasteiger charge is -2.11. The standard InChI is InChI=1S/C25H23ClN4O/c26-22-12-11-20(16-21(22)25-29-28-23-8-2-1-5-13-30(23)25)27-24(31)15-17-9-10-18-6-3-4-7-19(18)14-17/h3-4,6-7,9-12,14,16H,1-2,5,8,13,15H2,(H,27,31). The highest BCUT2D eigenvalue weighted by Crippen LogP contribution is 2.31. The number of halogens is 1. The minimum atomic E-state index is -0.0661. The number of carbonyl (C=O) groups is 1. The van der Waals surface area contributed by atoms with Gasteiger partial charge in [0.15, 0.2) is 5.82 Å². The van der Waals surface area contributed by atoms with Crippen LogP contribution in [0.2, 0.25) is 5.02 Å². The molecule has 1 aliphatic heterocycles. The van der Waals surface area contributed by atoms with Gasteiger partial charge >= 0.3 is 0 Å². The smallest absolute Gasteiger partial charge is 0.228 e. The summed E-state index contributed by atoms with van der Waals surface area (Å²) in [5.41, 5.74) is 2.48. The van der Waals surface area contributed by atoms with Crippen LogP contribution in [0.3, 0.4) is 0 Å². The second-order valence-electron chi connectivity index (χ2n) is 8.00. The summed E-state index contributed by atoms with van der Waals surface area (Å²) in [6.45, 7) is 0.895. The van der Waals surface area contributed by atoms with Crippen LogP contribution >= 0.6 is 11.6 Å². The van der Waals surface area contributed by atoms with E-state index >= 15 is 0 Å². The molecule has 0 spiro atoms. The van der Waals surface area contributed by atoms with Crippen molar-refractivity contribution in [2.75, 3.05) is 5.32 Å². The first kappa shape index (κ1) is 19.8. The summed E-state index contributed by atoms with van der Waals surface area (Å²) in [6.07, 6.45) is 4.69. The van der Waals surface area contributed by atoms with Gasteiger partial charge in [0.25, 0.3) is 0 Å². The van der Waals surface area contributed by atoms with Gasteiger partial charge in [0.1, 0.15) is 5.82 Å². The van der Waals surface area contributed by atoms with Gasteiger partial charge in [-0.2, -0.15) is 0 Å². The zero-order valence-corrected chi connectivity index (χ0v) is 17.9. The lowest BCUT2D eigenvalue weighted by Crippen LogP contribution is -2.14. The number of hydrogen-bond acceptors (Lipinski definition) is 3. The summed E-state index contributed by atoms with van der Waals surface area (Å²) in [5.74, 6) is 1.71. The molecular formula is C25H23ClN4O. The Bertz CT molecular complexity index is 1260. The number of anilines is 1. The van der Waals surface area contributed by atoms with Crippen LogP contribution in [0.4, 0.5) is 5.69 Å². The van der Waals surface area contributed by atoms with Crippen molar-refractivity contribution in [3.05, 3.63) is 77.1 Å². The Morgan fingerprint density at radius 2 is 1.84 bits per heavy atom. The van der Waals surface area contributed by atoms with Gasteiger partial charge in [-0.1, -0.05) is 60.5 Å². The molecule has 0 bridgehead atoms. The Hall–Kier alpha value is -3.18. The van der Waals surface area contributed by atoms with Crippen molar-refractivity contribution in [3.8, 4) is 11.4 Å². The third-order valence-electron chi connectivity index (χ3n) is 5.78. The van der Waals surface area contributed by atoms with Crippen LogP contribution in [-0.4, -0.2) is 20.7 Å². The first-order chi connectivity index (χ1) is 15.2. The summed E-state index contributed by atoms with van der Waals surface area (Å²) in [5, 5.41) is 14.7. The highest BCUT2D eigenvalue weighted by Gasteiger charge is 2.18. The van der Waals surface area contributed by atoms with Crippen LogP contribution in [-0.2, 0) is 24.2 Å². The maximum absolute atomic E-state index is 12.7. The average molecular weight is 431 g/mol. The number of hydrogen-bond donors (Lipinski definition) is 1. The van der Waals surface area contributed by atoms with E-state index in [0.717, 1.165) is 54.0 Å². The quantitative estimate of drug-likeness (QED) is 0.454. The molecule has 2 heterocycles. The fourth-order valence-electron chi connectivity index (χ4n) is 4.20. The highest BCUT2D eigenvalue weighted by molar-refractivity contribution is 6.33. The van der Waals surface area contributed by atoms with Crippen LogP contribution in [0.15, 0.2) is 60.7 Å². The van der Waals surface area contributed by atoms with Crippen LogP contribution in [0.1, 0.15) is 30.7 Å². The SMILES string of the molecule is O=C(Cc1ccc2ccccc2c1)Nc1ccc(Cl)c(-c2nnc3n2CCCCC3)c1. The van der Waals surface area contributed by atoms with Gasteiger partial charge in [0, 0.05) is 24.2 Å². The molecule has 0 fully saturated rings. The number of amides is 1. The van der Waals surface area contributed by atoms with Gasteiger partial charge in [-0.25, -0.2) is 0 Å². The molecule has 0 aliphatic carbocycles. The predicted molar refractivity (Wildman–Crippen MR) is 124 cm³/mol. The molecule has 5 rings (SSSR count). The summed E-state index contributed by atoms with van der Waals surface area (Å²) in [6, 6.07) is 19.8. The van der Waals surface area contributed by atoms with E-state index in [1.165, 1.54) is 11.8 Å². The van der Waals surface area contributed by atoms with E-state index in [2.05, 4.69) is 44.3 Å². The molecule has 31 heavy (non-hydrogen) atoms. The maximum atomic E-state index is 12.7. The summed E-state index contributed by atoms with van der Waals surface area (Å²) < 4.78 is 2.16. The molecule has 4 aromatic rings. The summed E-state index contributed by atoms with van der Waals surface area (Å²) in [7, 11) is 0. The fraction of sp³-hybridized carbons (Fsp3) is 0.240. The zero-order valence-electron chi connectivity index (χ0n) is 17.1. The van der Waals surface area contributed by atoms with Crippen molar-refractivity contribution in [1.82, 2.24) is 14.8 Å². The molecule has 6 heteroatoms.